The van der Waals surface area contributed by atoms with Crippen LogP contribution in [0.4, 0.5) is 5.82 Å². The maximum absolute atomic E-state index is 9.38. The summed E-state index contributed by atoms with van der Waals surface area (Å²) in [5.74, 6) is 1.35. The summed E-state index contributed by atoms with van der Waals surface area (Å²) in [6, 6.07) is 0.364. The second kappa shape index (κ2) is 6.00. The van der Waals surface area contributed by atoms with Crippen molar-refractivity contribution in [2.45, 2.75) is 51.6 Å². The minimum atomic E-state index is 0.271. The molecule has 2 rings (SSSR count). The van der Waals surface area contributed by atoms with E-state index in [0.29, 0.717) is 12.0 Å². The molecule has 0 amide bonds. The molecule has 0 aromatic carbocycles. The lowest BCUT2D eigenvalue weighted by atomic mass is 9.85. The number of aryl methyl sites for hydroxylation is 1. The summed E-state index contributed by atoms with van der Waals surface area (Å²) >= 11 is 0. The standard InChI is InChI=1S/C12H22N4O/c1-2-7-16-12(8-13-15-16)14-11-6-4-3-5-10(11)9-17/h8,10-11,14,17H,2-7,9H2,1H3. The molecule has 1 aromatic rings. The van der Waals surface area contributed by atoms with Crippen LogP contribution in [0.25, 0.3) is 0 Å². The molecule has 17 heavy (non-hydrogen) atoms. The van der Waals surface area contributed by atoms with E-state index in [1.54, 1.807) is 6.20 Å². The molecule has 0 spiro atoms. The zero-order valence-electron chi connectivity index (χ0n) is 10.5. The van der Waals surface area contributed by atoms with E-state index in [4.69, 9.17) is 0 Å². The molecule has 1 aliphatic rings. The first-order valence-electron chi connectivity index (χ1n) is 6.61. The molecule has 2 unspecified atom stereocenters. The van der Waals surface area contributed by atoms with Crippen molar-refractivity contribution in [1.29, 1.82) is 0 Å². The highest BCUT2D eigenvalue weighted by Gasteiger charge is 2.25. The van der Waals surface area contributed by atoms with E-state index in [2.05, 4.69) is 22.6 Å². The molecule has 0 aliphatic heterocycles. The van der Waals surface area contributed by atoms with Crippen molar-refractivity contribution >= 4 is 5.82 Å². The van der Waals surface area contributed by atoms with Gasteiger partial charge in [-0.2, -0.15) is 0 Å². The molecule has 1 aromatic heterocycles. The first-order chi connectivity index (χ1) is 8.35. The average Bonchev–Trinajstić information content (AvgIpc) is 2.78. The van der Waals surface area contributed by atoms with Crippen molar-refractivity contribution in [2.24, 2.45) is 5.92 Å². The molecule has 2 atom stereocenters. The summed E-state index contributed by atoms with van der Waals surface area (Å²) in [4.78, 5) is 0. The van der Waals surface area contributed by atoms with Gasteiger partial charge in [-0.3, -0.25) is 0 Å². The van der Waals surface area contributed by atoms with Crippen LogP contribution in [-0.4, -0.2) is 32.7 Å². The summed E-state index contributed by atoms with van der Waals surface area (Å²) in [5, 5.41) is 20.9. The largest absolute Gasteiger partial charge is 0.396 e. The molecule has 1 heterocycles. The number of aromatic nitrogens is 3. The number of nitrogens with one attached hydrogen (secondary N) is 1. The Morgan fingerprint density at radius 3 is 3.06 bits per heavy atom. The van der Waals surface area contributed by atoms with Crippen molar-refractivity contribution in [3.8, 4) is 0 Å². The normalized spacial score (nSPS) is 24.8. The van der Waals surface area contributed by atoms with Crippen LogP contribution in [0, 0.1) is 5.92 Å². The number of anilines is 1. The number of hydrogen-bond acceptors (Lipinski definition) is 4. The lowest BCUT2D eigenvalue weighted by molar-refractivity contribution is 0.178. The van der Waals surface area contributed by atoms with Crippen molar-refractivity contribution < 1.29 is 5.11 Å². The van der Waals surface area contributed by atoms with Gasteiger partial charge in [0.05, 0.1) is 6.20 Å². The van der Waals surface area contributed by atoms with E-state index in [9.17, 15) is 5.11 Å². The van der Waals surface area contributed by atoms with Gasteiger partial charge in [0.25, 0.3) is 0 Å². The molecule has 5 nitrogen and oxygen atoms in total. The van der Waals surface area contributed by atoms with Crippen molar-refractivity contribution in [3.63, 3.8) is 0 Å². The molecule has 1 saturated carbocycles. The first-order valence-corrected chi connectivity index (χ1v) is 6.61. The van der Waals surface area contributed by atoms with Crippen LogP contribution in [0.15, 0.2) is 6.20 Å². The van der Waals surface area contributed by atoms with Gasteiger partial charge in [-0.1, -0.05) is 25.0 Å². The predicted molar refractivity (Wildman–Crippen MR) is 66.8 cm³/mol. The highest BCUT2D eigenvalue weighted by atomic mass is 16.3. The maximum Gasteiger partial charge on any atom is 0.145 e. The number of hydrogen-bond donors (Lipinski definition) is 2. The van der Waals surface area contributed by atoms with E-state index in [-0.39, 0.29) is 6.61 Å². The molecule has 96 valence electrons. The fourth-order valence-electron chi connectivity index (χ4n) is 2.55. The van der Waals surface area contributed by atoms with Crippen molar-refractivity contribution in [1.82, 2.24) is 15.0 Å². The highest BCUT2D eigenvalue weighted by molar-refractivity contribution is 5.33. The zero-order valence-corrected chi connectivity index (χ0v) is 10.5. The molecular weight excluding hydrogens is 216 g/mol. The summed E-state index contributed by atoms with van der Waals surface area (Å²) in [7, 11) is 0. The fraction of sp³-hybridized carbons (Fsp3) is 0.833. The molecule has 0 bridgehead atoms. The highest BCUT2D eigenvalue weighted by Crippen LogP contribution is 2.26. The Morgan fingerprint density at radius 1 is 1.47 bits per heavy atom. The van der Waals surface area contributed by atoms with E-state index in [1.165, 1.54) is 12.8 Å². The maximum atomic E-state index is 9.38. The topological polar surface area (TPSA) is 63.0 Å². The molecular formula is C12H22N4O. The molecule has 0 radical (unpaired) electrons. The third kappa shape index (κ3) is 2.97. The summed E-state index contributed by atoms with van der Waals surface area (Å²) < 4.78 is 1.91. The van der Waals surface area contributed by atoms with Crippen LogP contribution in [0.2, 0.25) is 0 Å². The quantitative estimate of drug-likeness (QED) is 0.818. The number of rotatable bonds is 5. The SMILES string of the molecule is CCCn1nncc1NC1CCCCC1CO. The average molecular weight is 238 g/mol. The Labute approximate surface area is 102 Å². The van der Waals surface area contributed by atoms with E-state index in [1.807, 2.05) is 4.68 Å². The van der Waals surface area contributed by atoms with Crippen LogP contribution in [0.1, 0.15) is 39.0 Å². The third-order valence-electron chi connectivity index (χ3n) is 3.53. The molecule has 5 heteroatoms. The van der Waals surface area contributed by atoms with Crippen molar-refractivity contribution in [3.05, 3.63) is 6.20 Å². The van der Waals surface area contributed by atoms with Crippen LogP contribution in [0.5, 0.6) is 0 Å². The van der Waals surface area contributed by atoms with Gasteiger partial charge in [0.2, 0.25) is 0 Å². The van der Waals surface area contributed by atoms with Gasteiger partial charge in [0, 0.05) is 25.1 Å². The van der Waals surface area contributed by atoms with Crippen LogP contribution in [-0.2, 0) is 6.54 Å². The smallest absolute Gasteiger partial charge is 0.145 e. The van der Waals surface area contributed by atoms with Gasteiger partial charge in [-0.05, 0) is 19.3 Å². The number of aliphatic hydroxyl groups is 1. The van der Waals surface area contributed by atoms with Gasteiger partial charge in [-0.25, -0.2) is 4.68 Å². The predicted octanol–water partition coefficient (Wildman–Crippen LogP) is 1.65. The summed E-state index contributed by atoms with van der Waals surface area (Å²) in [5.41, 5.74) is 0. The Balaban J connectivity index is 2.00. The lowest BCUT2D eigenvalue weighted by Crippen LogP contribution is -2.35. The minimum Gasteiger partial charge on any atom is -0.396 e. The molecule has 0 saturated heterocycles. The molecule has 1 aliphatic carbocycles. The van der Waals surface area contributed by atoms with E-state index < -0.39 is 0 Å². The van der Waals surface area contributed by atoms with Gasteiger partial charge < -0.3 is 10.4 Å². The fourth-order valence-corrected chi connectivity index (χ4v) is 2.55. The Hall–Kier alpha value is -1.10. The zero-order chi connectivity index (χ0) is 12.1. The second-order valence-corrected chi connectivity index (χ2v) is 4.82. The Morgan fingerprint density at radius 2 is 2.29 bits per heavy atom. The van der Waals surface area contributed by atoms with Gasteiger partial charge in [0.1, 0.15) is 5.82 Å². The van der Waals surface area contributed by atoms with Crippen LogP contribution in [0.3, 0.4) is 0 Å². The molecule has 2 N–H and O–H groups in total. The number of nitrogens with zero attached hydrogens (tertiary/aromatic N) is 3. The first kappa shape index (κ1) is 12.4. The molecule has 1 fully saturated rings. The van der Waals surface area contributed by atoms with E-state index >= 15 is 0 Å². The monoisotopic (exact) mass is 238 g/mol. The summed E-state index contributed by atoms with van der Waals surface area (Å²) in [6.45, 7) is 3.29. The Kier molecular flexibility index (Phi) is 4.36. The number of aliphatic hydroxyl groups excluding tert-OH is 1. The minimum absolute atomic E-state index is 0.271. The van der Waals surface area contributed by atoms with Crippen LogP contribution < -0.4 is 5.32 Å². The third-order valence-corrected chi connectivity index (χ3v) is 3.53. The van der Waals surface area contributed by atoms with Crippen LogP contribution >= 0.6 is 0 Å². The summed E-state index contributed by atoms with van der Waals surface area (Å²) in [6.07, 6.45) is 7.54. The van der Waals surface area contributed by atoms with Gasteiger partial charge >= 0.3 is 0 Å². The second-order valence-electron chi connectivity index (χ2n) is 4.82. The Bertz CT molecular complexity index is 339. The lowest BCUT2D eigenvalue weighted by Gasteiger charge is -2.31. The van der Waals surface area contributed by atoms with Gasteiger partial charge in [0.15, 0.2) is 0 Å². The van der Waals surface area contributed by atoms with Crippen molar-refractivity contribution in [2.75, 3.05) is 11.9 Å². The van der Waals surface area contributed by atoms with Gasteiger partial charge in [-0.15, -0.1) is 5.10 Å². The van der Waals surface area contributed by atoms with E-state index in [0.717, 1.165) is 31.6 Å².